The maximum absolute atomic E-state index is 10.1. The van der Waals surface area contributed by atoms with Gasteiger partial charge in [0.2, 0.25) is 12.7 Å². The van der Waals surface area contributed by atoms with Crippen molar-refractivity contribution < 1.29 is 23.1 Å². The van der Waals surface area contributed by atoms with Gasteiger partial charge in [-0.1, -0.05) is 0 Å². The van der Waals surface area contributed by atoms with Crippen molar-refractivity contribution in [2.24, 2.45) is 22.9 Å². The van der Waals surface area contributed by atoms with E-state index in [9.17, 15) is 20.2 Å². The molecule has 0 atom stereocenters. The molecule has 13 heteroatoms. The summed E-state index contributed by atoms with van der Waals surface area (Å²) in [6.07, 6.45) is 5.36. The van der Waals surface area contributed by atoms with Crippen LogP contribution in [-0.2, 0) is 32.1 Å². The molecule has 8 N–H and O–H groups in total. The molecule has 37 heavy (non-hydrogen) atoms. The third-order valence-electron chi connectivity index (χ3n) is 4.58. The topological polar surface area (TPSA) is 230 Å². The lowest BCUT2D eigenvalue weighted by Crippen LogP contribution is -2.02. The van der Waals surface area contributed by atoms with Crippen molar-refractivity contribution in [1.29, 1.82) is 0 Å². The van der Waals surface area contributed by atoms with E-state index >= 15 is 0 Å². The molecule has 0 aliphatic rings. The van der Waals surface area contributed by atoms with E-state index in [1.807, 2.05) is 24.3 Å². The average molecular weight is 521 g/mol. The Morgan fingerprint density at radius 3 is 1.35 bits per heavy atom. The molecule has 0 saturated carbocycles. The van der Waals surface area contributed by atoms with E-state index < -0.39 is 9.85 Å². The van der Waals surface area contributed by atoms with Crippen molar-refractivity contribution in [3.8, 4) is 0 Å². The third kappa shape index (κ3) is 14.4. The van der Waals surface area contributed by atoms with Gasteiger partial charge in [0.05, 0.1) is 17.4 Å². The number of nitro groups is 2. The van der Waals surface area contributed by atoms with Crippen LogP contribution in [-0.4, -0.2) is 42.6 Å². The van der Waals surface area contributed by atoms with Crippen LogP contribution in [0.2, 0.25) is 0 Å². The fourth-order valence-corrected chi connectivity index (χ4v) is 2.91. The van der Waals surface area contributed by atoms with Crippen LogP contribution in [0.5, 0.6) is 0 Å². The van der Waals surface area contributed by atoms with E-state index in [0.29, 0.717) is 37.7 Å². The smallest absolute Gasteiger partial charge is 0.238 e. The zero-order valence-electron chi connectivity index (χ0n) is 20.8. The Hall–Kier alpha value is -3.78. The van der Waals surface area contributed by atoms with Crippen molar-refractivity contribution in [3.05, 3.63) is 97.4 Å². The molecule has 0 spiro atoms. The van der Waals surface area contributed by atoms with Gasteiger partial charge in [-0.15, -0.1) is 0 Å². The number of furan rings is 3. The SMILES string of the molecule is NCCc1ccc(CCN)o1.NCCc1ccc(CCN)o1.O=[N+]([O-])/C=C/c1ccc(CC[N+](=O)[O-])o1. The second kappa shape index (κ2) is 18.5. The van der Waals surface area contributed by atoms with Crippen LogP contribution < -0.4 is 22.9 Å². The van der Waals surface area contributed by atoms with Crippen molar-refractivity contribution in [2.75, 3.05) is 32.7 Å². The lowest BCUT2D eigenvalue weighted by molar-refractivity contribution is -0.479. The molecule has 0 aliphatic heterocycles. The Labute approximate surface area is 214 Å². The fraction of sp³-hybridized carbons (Fsp3) is 0.417. The van der Waals surface area contributed by atoms with Crippen LogP contribution in [0.4, 0.5) is 0 Å². The number of hydrogen-bond donors (Lipinski definition) is 4. The molecule has 0 saturated heterocycles. The van der Waals surface area contributed by atoms with Gasteiger partial charge in [0.25, 0.3) is 0 Å². The maximum Gasteiger partial charge on any atom is 0.238 e. The van der Waals surface area contributed by atoms with E-state index in [1.165, 1.54) is 12.1 Å². The molecule has 0 radical (unpaired) electrons. The molecule has 0 amide bonds. The summed E-state index contributed by atoms with van der Waals surface area (Å²) in [5, 5.41) is 20.0. The lowest BCUT2D eigenvalue weighted by Gasteiger charge is -1.92. The van der Waals surface area contributed by atoms with Gasteiger partial charge in [0, 0.05) is 30.6 Å². The highest BCUT2D eigenvalue weighted by Gasteiger charge is 2.04. The highest BCUT2D eigenvalue weighted by molar-refractivity contribution is 5.41. The number of rotatable bonds is 13. The Kier molecular flexibility index (Phi) is 15.6. The second-order valence-corrected chi connectivity index (χ2v) is 7.60. The van der Waals surface area contributed by atoms with Gasteiger partial charge in [-0.3, -0.25) is 20.2 Å². The Morgan fingerprint density at radius 1 is 0.622 bits per heavy atom. The maximum atomic E-state index is 10.1. The number of nitrogens with zero attached hydrogens (tertiary/aromatic N) is 2. The molecule has 3 aromatic heterocycles. The molecule has 0 aromatic carbocycles. The minimum absolute atomic E-state index is 0.180. The van der Waals surface area contributed by atoms with Gasteiger partial charge in [-0.25, -0.2) is 0 Å². The standard InChI is InChI=1S/C8H8N2O5.2C8H14N2O/c11-9(12)5-3-7-1-2-8(15-7)4-6-10(13)14;2*9-5-3-7-1-2-8(11-7)4-6-10/h1-3,5H,4,6H2;2*1-2H,3-6,9-10H2/b5-3+;;. The molecule has 0 fully saturated rings. The van der Waals surface area contributed by atoms with Crippen LogP contribution >= 0.6 is 0 Å². The molecule has 13 nitrogen and oxygen atoms in total. The summed E-state index contributed by atoms with van der Waals surface area (Å²) in [5.41, 5.74) is 21.4. The predicted molar refractivity (Wildman–Crippen MR) is 139 cm³/mol. The van der Waals surface area contributed by atoms with Crippen LogP contribution in [0.3, 0.4) is 0 Å². The largest absolute Gasteiger partial charge is 0.466 e. The predicted octanol–water partition coefficient (Wildman–Crippen LogP) is 1.91. The highest BCUT2D eigenvalue weighted by Crippen LogP contribution is 2.10. The first-order valence-electron chi connectivity index (χ1n) is 11.8. The summed E-state index contributed by atoms with van der Waals surface area (Å²) in [4.78, 5) is 19.0. The van der Waals surface area contributed by atoms with Gasteiger partial charge in [-0.2, -0.15) is 0 Å². The normalized spacial score (nSPS) is 10.5. The molecular formula is C24H36N6O7. The van der Waals surface area contributed by atoms with Gasteiger partial charge in [0.15, 0.2) is 0 Å². The first-order valence-corrected chi connectivity index (χ1v) is 11.8. The third-order valence-corrected chi connectivity index (χ3v) is 4.58. The molecule has 3 aromatic rings. The van der Waals surface area contributed by atoms with Crippen LogP contribution in [0.15, 0.2) is 55.8 Å². The highest BCUT2D eigenvalue weighted by atomic mass is 16.6. The molecule has 204 valence electrons. The number of hydrogen-bond acceptors (Lipinski definition) is 11. The average Bonchev–Trinajstić information content (AvgIpc) is 3.60. The Morgan fingerprint density at radius 2 is 1.00 bits per heavy atom. The molecule has 0 bridgehead atoms. The minimum atomic E-state index is -0.612. The number of nitrogens with two attached hydrogens (primary N) is 4. The van der Waals surface area contributed by atoms with E-state index in [1.54, 1.807) is 6.07 Å². The monoisotopic (exact) mass is 520 g/mol. The van der Waals surface area contributed by atoms with Crippen molar-refractivity contribution in [2.45, 2.75) is 32.1 Å². The van der Waals surface area contributed by atoms with Crippen LogP contribution in [0.1, 0.15) is 34.6 Å². The Bertz CT molecular complexity index is 986. The molecule has 0 unspecified atom stereocenters. The van der Waals surface area contributed by atoms with E-state index in [0.717, 1.165) is 54.9 Å². The summed E-state index contributed by atoms with van der Waals surface area (Å²) in [5.74, 6) is 4.57. The van der Waals surface area contributed by atoms with Gasteiger partial charge in [-0.05, 0) is 62.6 Å². The van der Waals surface area contributed by atoms with Crippen molar-refractivity contribution >= 4 is 6.08 Å². The van der Waals surface area contributed by atoms with Gasteiger partial charge >= 0.3 is 0 Å². The van der Waals surface area contributed by atoms with E-state index in [2.05, 4.69) is 0 Å². The van der Waals surface area contributed by atoms with Crippen molar-refractivity contribution in [3.63, 3.8) is 0 Å². The molecule has 3 heterocycles. The molecule has 0 aliphatic carbocycles. The van der Waals surface area contributed by atoms with Crippen LogP contribution in [0.25, 0.3) is 6.08 Å². The quantitative estimate of drug-likeness (QED) is 0.188. The summed E-state index contributed by atoms with van der Waals surface area (Å²) in [6, 6.07) is 10.9. The van der Waals surface area contributed by atoms with E-state index in [4.69, 9.17) is 36.2 Å². The van der Waals surface area contributed by atoms with E-state index in [-0.39, 0.29) is 13.0 Å². The molecular weight excluding hydrogens is 484 g/mol. The van der Waals surface area contributed by atoms with Crippen LogP contribution in [0, 0.1) is 20.2 Å². The lowest BCUT2D eigenvalue weighted by atomic mass is 10.3. The van der Waals surface area contributed by atoms with Crippen molar-refractivity contribution in [1.82, 2.24) is 0 Å². The van der Waals surface area contributed by atoms with Gasteiger partial charge < -0.3 is 36.2 Å². The van der Waals surface area contributed by atoms with Gasteiger partial charge in [0.1, 0.15) is 34.6 Å². The zero-order valence-corrected chi connectivity index (χ0v) is 20.8. The first kappa shape index (κ1) is 31.3. The molecule has 3 rings (SSSR count). The summed E-state index contributed by atoms with van der Waals surface area (Å²) < 4.78 is 15.9. The summed E-state index contributed by atoms with van der Waals surface area (Å²) in [6.45, 7) is 2.32. The zero-order chi connectivity index (χ0) is 27.5. The first-order chi connectivity index (χ1) is 17.8. The minimum Gasteiger partial charge on any atom is -0.466 e. The summed E-state index contributed by atoms with van der Waals surface area (Å²) in [7, 11) is 0. The second-order valence-electron chi connectivity index (χ2n) is 7.60. The summed E-state index contributed by atoms with van der Waals surface area (Å²) >= 11 is 0. The fourth-order valence-electron chi connectivity index (χ4n) is 2.91. The Balaban J connectivity index is 0.000000283.